The molecule has 4 fully saturated rings. The minimum atomic E-state index is -0.801. The van der Waals surface area contributed by atoms with Crippen molar-refractivity contribution in [1.29, 1.82) is 0 Å². The van der Waals surface area contributed by atoms with Gasteiger partial charge in [-0.1, -0.05) is 20.8 Å². The summed E-state index contributed by atoms with van der Waals surface area (Å²) >= 11 is 0. The summed E-state index contributed by atoms with van der Waals surface area (Å²) < 4.78 is 11.4. The van der Waals surface area contributed by atoms with Crippen LogP contribution in [0.1, 0.15) is 50.9 Å². The lowest BCUT2D eigenvalue weighted by molar-refractivity contribution is -0.140. The lowest BCUT2D eigenvalue weighted by Gasteiger charge is -2.36. The van der Waals surface area contributed by atoms with Crippen molar-refractivity contribution in [2.45, 2.75) is 70.9 Å². The Morgan fingerprint density at radius 3 is 2.38 bits per heavy atom. The van der Waals surface area contributed by atoms with Crippen molar-refractivity contribution < 1.29 is 23.9 Å². The summed E-state index contributed by atoms with van der Waals surface area (Å²) in [6, 6.07) is 6.96. The first kappa shape index (κ1) is 26.1. The molecule has 3 aliphatic heterocycles. The topological polar surface area (TPSA) is 91.4 Å². The Morgan fingerprint density at radius 2 is 1.78 bits per heavy atom. The van der Waals surface area contributed by atoms with Gasteiger partial charge in [-0.15, -0.1) is 0 Å². The van der Waals surface area contributed by atoms with Gasteiger partial charge in [0.15, 0.2) is 5.78 Å². The molecule has 1 N–H and O–H groups in total. The first-order valence-electron chi connectivity index (χ1n) is 13.6. The molecule has 0 radical (unpaired) electrons. The number of carbonyl (C=O) groups is 3. The monoisotopic (exact) mass is 512 g/mol. The Bertz CT molecular complexity index is 1010. The van der Waals surface area contributed by atoms with E-state index < -0.39 is 23.6 Å². The molecule has 9 nitrogen and oxygen atoms in total. The second-order valence-corrected chi connectivity index (χ2v) is 11.7. The summed E-state index contributed by atoms with van der Waals surface area (Å²) in [4.78, 5) is 46.1. The molecule has 1 aromatic carbocycles. The normalized spacial score (nSPS) is 27.4. The zero-order chi connectivity index (χ0) is 26.3. The highest BCUT2D eigenvalue weighted by molar-refractivity contribution is 5.99. The molecule has 5 rings (SSSR count). The molecule has 37 heavy (non-hydrogen) atoms. The summed E-state index contributed by atoms with van der Waals surface area (Å²) in [5.41, 5.74) is 1.06. The average molecular weight is 513 g/mol. The van der Waals surface area contributed by atoms with Gasteiger partial charge < -0.3 is 24.6 Å². The van der Waals surface area contributed by atoms with E-state index in [1.54, 1.807) is 4.90 Å². The van der Waals surface area contributed by atoms with Gasteiger partial charge in [-0.2, -0.15) is 0 Å². The number of anilines is 1. The van der Waals surface area contributed by atoms with E-state index in [-0.39, 0.29) is 36.9 Å². The van der Waals surface area contributed by atoms with Crippen molar-refractivity contribution >= 4 is 23.3 Å². The van der Waals surface area contributed by atoms with Gasteiger partial charge in [-0.05, 0) is 49.4 Å². The number of Topliss-reactive ketones (excluding diaryl/α,β-unsaturated/α-hetero) is 1. The molecule has 4 atom stereocenters. The van der Waals surface area contributed by atoms with E-state index >= 15 is 0 Å². The largest absolute Gasteiger partial charge is 0.374 e. The minimum absolute atomic E-state index is 0.0167. The molecule has 1 aromatic rings. The first-order valence-corrected chi connectivity index (χ1v) is 13.6. The number of fused-ring (bicyclic) bond motifs is 1. The number of ether oxygens (including phenoxy) is 2. The standard InChI is InChI=1S/C28H40N4O5/c1-5-36-22-16-32(23-21(33)17-37-24(22)23)27(35)25(28(2,3)4)29-26(34)18-6-8-19(9-7-18)30-12-14-31(15-13-30)20-10-11-20/h6-9,20,22-25H,5,10-17H2,1-4H3,(H,29,34)/t22-,23+,24+,25+/m0/s1. The summed E-state index contributed by atoms with van der Waals surface area (Å²) in [5.74, 6) is -0.695. The molecule has 0 aromatic heterocycles. The number of carbonyl (C=O) groups excluding carboxylic acids is 3. The maximum absolute atomic E-state index is 13.8. The number of rotatable bonds is 7. The molecule has 3 saturated heterocycles. The molecule has 0 bridgehead atoms. The van der Waals surface area contributed by atoms with E-state index in [0.29, 0.717) is 12.2 Å². The van der Waals surface area contributed by atoms with E-state index in [2.05, 4.69) is 15.1 Å². The van der Waals surface area contributed by atoms with Crippen molar-refractivity contribution in [3.63, 3.8) is 0 Å². The van der Waals surface area contributed by atoms with E-state index in [1.165, 1.54) is 12.8 Å². The van der Waals surface area contributed by atoms with Gasteiger partial charge in [0, 0.05) is 50.1 Å². The number of hydrogen-bond acceptors (Lipinski definition) is 7. The zero-order valence-corrected chi connectivity index (χ0v) is 22.4. The van der Waals surface area contributed by atoms with Crippen molar-refractivity contribution in [2.75, 3.05) is 50.8 Å². The highest BCUT2D eigenvalue weighted by Crippen LogP contribution is 2.33. The first-order chi connectivity index (χ1) is 17.7. The maximum Gasteiger partial charge on any atom is 0.251 e. The molecule has 1 aliphatic carbocycles. The Balaban J connectivity index is 1.25. The fraction of sp³-hybridized carbons (Fsp3) is 0.679. The average Bonchev–Trinajstić information content (AvgIpc) is 3.57. The third-order valence-electron chi connectivity index (χ3n) is 8.06. The second-order valence-electron chi connectivity index (χ2n) is 11.7. The molecule has 2 amide bonds. The van der Waals surface area contributed by atoms with Crippen LogP contribution < -0.4 is 10.2 Å². The van der Waals surface area contributed by atoms with Gasteiger partial charge in [0.1, 0.15) is 30.9 Å². The summed E-state index contributed by atoms with van der Waals surface area (Å²) in [5, 5.41) is 2.97. The van der Waals surface area contributed by atoms with Crippen LogP contribution >= 0.6 is 0 Å². The van der Waals surface area contributed by atoms with Crippen LogP contribution in [0.5, 0.6) is 0 Å². The molecular weight excluding hydrogens is 472 g/mol. The van der Waals surface area contributed by atoms with Crippen molar-refractivity contribution in [3.8, 4) is 0 Å². The van der Waals surface area contributed by atoms with Crippen LogP contribution in [-0.2, 0) is 19.1 Å². The molecule has 202 valence electrons. The fourth-order valence-electron chi connectivity index (χ4n) is 5.84. The van der Waals surface area contributed by atoms with Gasteiger partial charge in [0.25, 0.3) is 5.91 Å². The number of piperazine rings is 1. The molecule has 3 heterocycles. The van der Waals surface area contributed by atoms with Gasteiger partial charge >= 0.3 is 0 Å². The third kappa shape index (κ3) is 5.40. The van der Waals surface area contributed by atoms with Crippen LogP contribution in [0.15, 0.2) is 24.3 Å². The Kier molecular flexibility index (Phi) is 7.31. The minimum Gasteiger partial charge on any atom is -0.374 e. The highest BCUT2D eigenvalue weighted by atomic mass is 16.6. The van der Waals surface area contributed by atoms with Crippen LogP contribution in [0.4, 0.5) is 5.69 Å². The van der Waals surface area contributed by atoms with Gasteiger partial charge in [0.05, 0.1) is 6.54 Å². The molecule has 4 aliphatic rings. The smallest absolute Gasteiger partial charge is 0.251 e. The molecular formula is C28H40N4O5. The summed E-state index contributed by atoms with van der Waals surface area (Å²) in [6.07, 6.45) is 1.86. The maximum atomic E-state index is 13.8. The van der Waals surface area contributed by atoms with Crippen LogP contribution in [-0.4, -0.2) is 104 Å². The predicted octanol–water partition coefficient (Wildman–Crippen LogP) is 1.70. The van der Waals surface area contributed by atoms with Crippen LogP contribution in [0.3, 0.4) is 0 Å². The fourth-order valence-corrected chi connectivity index (χ4v) is 5.84. The van der Waals surface area contributed by atoms with Gasteiger partial charge in [-0.25, -0.2) is 0 Å². The van der Waals surface area contributed by atoms with Crippen LogP contribution in [0.25, 0.3) is 0 Å². The van der Waals surface area contributed by atoms with Crippen molar-refractivity contribution in [1.82, 2.24) is 15.1 Å². The number of nitrogens with one attached hydrogen (secondary N) is 1. The van der Waals surface area contributed by atoms with E-state index in [0.717, 1.165) is 37.9 Å². The van der Waals surface area contributed by atoms with Gasteiger partial charge in [-0.3, -0.25) is 19.3 Å². The van der Waals surface area contributed by atoms with E-state index in [4.69, 9.17) is 9.47 Å². The van der Waals surface area contributed by atoms with Crippen molar-refractivity contribution in [2.24, 2.45) is 5.41 Å². The zero-order valence-electron chi connectivity index (χ0n) is 22.4. The molecule has 9 heteroatoms. The summed E-state index contributed by atoms with van der Waals surface area (Å²) in [7, 11) is 0. The lowest BCUT2D eigenvalue weighted by atomic mass is 9.85. The number of ketones is 1. The lowest BCUT2D eigenvalue weighted by Crippen LogP contribution is -2.57. The number of nitrogens with zero attached hydrogens (tertiary/aromatic N) is 3. The number of amides is 2. The van der Waals surface area contributed by atoms with E-state index in [9.17, 15) is 14.4 Å². The van der Waals surface area contributed by atoms with Crippen LogP contribution in [0.2, 0.25) is 0 Å². The van der Waals surface area contributed by atoms with E-state index in [1.807, 2.05) is 52.0 Å². The van der Waals surface area contributed by atoms with Gasteiger partial charge in [0.2, 0.25) is 5.91 Å². The Labute approximate surface area is 219 Å². The highest BCUT2D eigenvalue weighted by Gasteiger charge is 2.54. The van der Waals surface area contributed by atoms with Crippen LogP contribution in [0, 0.1) is 5.41 Å². The molecule has 1 saturated carbocycles. The number of benzene rings is 1. The third-order valence-corrected chi connectivity index (χ3v) is 8.06. The van der Waals surface area contributed by atoms with Crippen molar-refractivity contribution in [3.05, 3.63) is 29.8 Å². The number of likely N-dealkylation sites (tertiary alicyclic amines) is 1. The Morgan fingerprint density at radius 1 is 1.11 bits per heavy atom. The molecule has 0 spiro atoms. The predicted molar refractivity (Wildman–Crippen MR) is 140 cm³/mol. The quantitative estimate of drug-likeness (QED) is 0.595. The Hall–Kier alpha value is -2.49. The number of hydrogen-bond donors (Lipinski definition) is 1. The summed E-state index contributed by atoms with van der Waals surface area (Å²) in [6.45, 7) is 12.5. The molecule has 0 unspecified atom stereocenters. The second kappa shape index (κ2) is 10.3. The SMILES string of the molecule is CCO[C@H]1CN(C(=O)[C@@H](NC(=O)c2ccc(N3CCN(C4CC4)CC3)cc2)C(C)(C)C)[C@@H]2C(=O)CO[C@H]12.